The van der Waals surface area contributed by atoms with E-state index in [1.165, 1.54) is 11.1 Å². The van der Waals surface area contributed by atoms with Crippen molar-refractivity contribution in [3.8, 4) is 11.1 Å². The van der Waals surface area contributed by atoms with E-state index in [1.54, 1.807) is 0 Å². The van der Waals surface area contributed by atoms with E-state index in [2.05, 4.69) is 19.1 Å². The fourth-order valence-corrected chi connectivity index (χ4v) is 2.13. The van der Waals surface area contributed by atoms with E-state index in [4.69, 9.17) is 0 Å². The van der Waals surface area contributed by atoms with Crippen LogP contribution in [0, 0.1) is 12.3 Å². The molecule has 0 saturated carbocycles. The van der Waals surface area contributed by atoms with Crippen LogP contribution >= 0.6 is 0 Å². The van der Waals surface area contributed by atoms with Crippen molar-refractivity contribution < 1.29 is 4.79 Å². The first-order chi connectivity index (χ1) is 8.89. The average molecular weight is 252 g/mol. The molecule has 2 rings (SSSR count). The zero-order chi connectivity index (χ0) is 14.0. The lowest BCUT2D eigenvalue weighted by Gasteiger charge is -2.16. The highest BCUT2D eigenvalue weighted by Crippen LogP contribution is 2.26. The van der Waals surface area contributed by atoms with Gasteiger partial charge in [-0.2, -0.15) is 0 Å². The highest BCUT2D eigenvalue weighted by atomic mass is 16.1. The quantitative estimate of drug-likeness (QED) is 0.695. The molecule has 0 atom stereocenters. The van der Waals surface area contributed by atoms with Gasteiger partial charge in [-0.3, -0.25) is 4.79 Å². The lowest BCUT2D eigenvalue weighted by atomic mass is 9.86. The molecule has 0 aromatic heterocycles. The Morgan fingerprint density at radius 2 is 1.47 bits per heavy atom. The van der Waals surface area contributed by atoms with Gasteiger partial charge in [0, 0.05) is 11.0 Å². The zero-order valence-corrected chi connectivity index (χ0v) is 12.0. The van der Waals surface area contributed by atoms with Crippen molar-refractivity contribution in [1.82, 2.24) is 0 Å². The maximum atomic E-state index is 12.2. The van der Waals surface area contributed by atoms with Gasteiger partial charge in [0.2, 0.25) is 0 Å². The summed E-state index contributed by atoms with van der Waals surface area (Å²) in [5.41, 5.74) is 4.08. The van der Waals surface area contributed by atoms with Crippen LogP contribution in [0.15, 0.2) is 48.5 Å². The Balaban J connectivity index is 2.35. The fraction of sp³-hybridized carbons (Fsp3) is 0.278. The molecular weight excluding hydrogens is 232 g/mol. The number of hydrogen-bond donors (Lipinski definition) is 0. The molecule has 0 heterocycles. The first kappa shape index (κ1) is 13.5. The summed E-state index contributed by atoms with van der Waals surface area (Å²) < 4.78 is 0. The normalized spacial score (nSPS) is 11.4. The van der Waals surface area contributed by atoms with Crippen LogP contribution in [0.2, 0.25) is 0 Å². The second-order valence-corrected chi connectivity index (χ2v) is 5.97. The lowest BCUT2D eigenvalue weighted by Crippen LogP contribution is -2.19. The van der Waals surface area contributed by atoms with E-state index >= 15 is 0 Å². The summed E-state index contributed by atoms with van der Waals surface area (Å²) >= 11 is 0. The average Bonchev–Trinajstić information content (AvgIpc) is 2.38. The predicted octanol–water partition coefficient (Wildman–Crippen LogP) is 4.89. The van der Waals surface area contributed by atoms with Gasteiger partial charge in [0.05, 0.1) is 0 Å². The van der Waals surface area contributed by atoms with Crippen LogP contribution in [0.25, 0.3) is 11.1 Å². The molecule has 2 aromatic carbocycles. The summed E-state index contributed by atoms with van der Waals surface area (Å²) in [6.07, 6.45) is 0. The van der Waals surface area contributed by atoms with Crippen LogP contribution < -0.4 is 0 Å². The van der Waals surface area contributed by atoms with Crippen molar-refractivity contribution in [2.75, 3.05) is 0 Å². The summed E-state index contributed by atoms with van der Waals surface area (Å²) in [5, 5.41) is 0. The summed E-state index contributed by atoms with van der Waals surface area (Å²) in [6.45, 7) is 7.95. The number of carbonyl (C=O) groups excluding carboxylic acids is 1. The van der Waals surface area contributed by atoms with Gasteiger partial charge in [0.15, 0.2) is 5.78 Å². The maximum Gasteiger partial charge on any atom is 0.168 e. The molecule has 0 spiro atoms. The van der Waals surface area contributed by atoms with Crippen molar-refractivity contribution in [3.05, 3.63) is 59.7 Å². The summed E-state index contributed by atoms with van der Waals surface area (Å²) in [5.74, 6) is 0.184. The molecule has 0 N–H and O–H groups in total. The first-order valence-corrected chi connectivity index (χ1v) is 6.60. The van der Waals surface area contributed by atoms with E-state index < -0.39 is 0 Å². The molecule has 0 aliphatic rings. The van der Waals surface area contributed by atoms with Crippen LogP contribution in [-0.2, 0) is 0 Å². The minimum absolute atomic E-state index is 0.184. The molecule has 0 unspecified atom stereocenters. The fourth-order valence-electron chi connectivity index (χ4n) is 2.13. The van der Waals surface area contributed by atoms with Gasteiger partial charge in [-0.25, -0.2) is 0 Å². The van der Waals surface area contributed by atoms with Gasteiger partial charge in [-0.15, -0.1) is 0 Å². The number of aryl methyl sites for hydroxylation is 1. The highest BCUT2D eigenvalue weighted by Gasteiger charge is 2.22. The molecule has 0 amide bonds. The Labute approximate surface area is 115 Å². The van der Waals surface area contributed by atoms with E-state index in [-0.39, 0.29) is 11.2 Å². The van der Waals surface area contributed by atoms with Gasteiger partial charge >= 0.3 is 0 Å². The third-order valence-electron chi connectivity index (χ3n) is 3.28. The molecule has 0 fully saturated rings. The second kappa shape index (κ2) is 5.00. The number of rotatable bonds is 2. The van der Waals surface area contributed by atoms with Crippen LogP contribution in [-0.4, -0.2) is 5.78 Å². The predicted molar refractivity (Wildman–Crippen MR) is 80.4 cm³/mol. The zero-order valence-electron chi connectivity index (χ0n) is 12.0. The van der Waals surface area contributed by atoms with E-state index in [1.807, 2.05) is 57.2 Å². The molecule has 0 radical (unpaired) electrons. The van der Waals surface area contributed by atoms with E-state index in [0.717, 1.165) is 11.1 Å². The smallest absolute Gasteiger partial charge is 0.168 e. The number of hydrogen-bond acceptors (Lipinski definition) is 1. The molecular formula is C18H20O. The topological polar surface area (TPSA) is 17.1 Å². The molecule has 0 aliphatic carbocycles. The van der Waals surface area contributed by atoms with Crippen molar-refractivity contribution in [2.24, 2.45) is 5.41 Å². The van der Waals surface area contributed by atoms with Crippen LogP contribution in [0.1, 0.15) is 36.7 Å². The van der Waals surface area contributed by atoms with Crippen LogP contribution in [0.3, 0.4) is 0 Å². The van der Waals surface area contributed by atoms with Crippen molar-refractivity contribution in [1.29, 1.82) is 0 Å². The molecule has 2 aromatic rings. The number of Topliss-reactive ketones (excluding diaryl/α,β-unsaturated/α-hetero) is 1. The maximum absolute atomic E-state index is 12.2. The van der Waals surface area contributed by atoms with Crippen molar-refractivity contribution in [3.63, 3.8) is 0 Å². The molecule has 98 valence electrons. The van der Waals surface area contributed by atoms with Gasteiger partial charge in [0.1, 0.15) is 0 Å². The van der Waals surface area contributed by atoms with Crippen LogP contribution in [0.4, 0.5) is 0 Å². The minimum atomic E-state index is -0.329. The molecule has 0 saturated heterocycles. The Bertz CT molecular complexity index is 586. The number of carbonyl (C=O) groups is 1. The minimum Gasteiger partial charge on any atom is -0.294 e. The molecule has 0 bridgehead atoms. The molecule has 19 heavy (non-hydrogen) atoms. The SMILES string of the molecule is Cc1ccccc1-c1ccc(C(=O)C(C)(C)C)cc1. The largest absolute Gasteiger partial charge is 0.294 e. The monoisotopic (exact) mass is 252 g/mol. The van der Waals surface area contributed by atoms with Crippen molar-refractivity contribution in [2.45, 2.75) is 27.7 Å². The molecule has 1 heteroatoms. The summed E-state index contributed by atoms with van der Waals surface area (Å²) in [6, 6.07) is 16.2. The number of ketones is 1. The van der Waals surface area contributed by atoms with Gasteiger partial charge < -0.3 is 0 Å². The molecule has 1 nitrogen and oxygen atoms in total. The van der Waals surface area contributed by atoms with Gasteiger partial charge in [-0.1, -0.05) is 69.3 Å². The number of benzene rings is 2. The highest BCUT2D eigenvalue weighted by molar-refractivity contribution is 6.00. The summed E-state index contributed by atoms with van der Waals surface area (Å²) in [7, 11) is 0. The molecule has 0 aliphatic heterocycles. The Morgan fingerprint density at radius 1 is 0.895 bits per heavy atom. The standard InChI is InChI=1S/C18H20O/c1-13-7-5-6-8-16(13)14-9-11-15(12-10-14)17(19)18(2,3)4/h5-12H,1-4H3. The van der Waals surface area contributed by atoms with Crippen LogP contribution in [0.5, 0.6) is 0 Å². The van der Waals surface area contributed by atoms with Gasteiger partial charge in [0.25, 0.3) is 0 Å². The Kier molecular flexibility index (Phi) is 3.57. The Morgan fingerprint density at radius 3 is 2.00 bits per heavy atom. The van der Waals surface area contributed by atoms with Crippen molar-refractivity contribution >= 4 is 5.78 Å². The third-order valence-corrected chi connectivity index (χ3v) is 3.28. The third kappa shape index (κ3) is 2.93. The lowest BCUT2D eigenvalue weighted by molar-refractivity contribution is 0.0858. The second-order valence-electron chi connectivity index (χ2n) is 5.97. The Hall–Kier alpha value is -1.89. The summed E-state index contributed by atoms with van der Waals surface area (Å²) in [4.78, 5) is 12.2. The first-order valence-electron chi connectivity index (χ1n) is 6.60. The van der Waals surface area contributed by atoms with E-state index in [9.17, 15) is 4.79 Å². The van der Waals surface area contributed by atoms with Gasteiger partial charge in [-0.05, 0) is 23.6 Å². The van der Waals surface area contributed by atoms with E-state index in [0.29, 0.717) is 0 Å².